The molecule has 5 heteroatoms. The summed E-state index contributed by atoms with van der Waals surface area (Å²) in [6.07, 6.45) is 2.27. The third-order valence-electron chi connectivity index (χ3n) is 3.30. The van der Waals surface area contributed by atoms with Crippen molar-refractivity contribution in [3.05, 3.63) is 47.2 Å². The fourth-order valence-corrected chi connectivity index (χ4v) is 2.34. The Kier molecular flexibility index (Phi) is 4.32. The van der Waals surface area contributed by atoms with Gasteiger partial charge in [0.05, 0.1) is 17.3 Å². The zero-order valence-electron chi connectivity index (χ0n) is 14.0. The number of ether oxygens (including phenoxy) is 1. The molecular formula is C18H21NO4. The lowest BCUT2D eigenvalue weighted by molar-refractivity contribution is -0.148. The Hall–Kier alpha value is -2.56. The van der Waals surface area contributed by atoms with Crippen LogP contribution >= 0.6 is 0 Å². The van der Waals surface area contributed by atoms with Gasteiger partial charge in [-0.25, -0.2) is 4.79 Å². The van der Waals surface area contributed by atoms with Gasteiger partial charge in [0.2, 0.25) is 0 Å². The number of likely N-dealkylation sites (N-methyl/N-ethyl adjacent to an activating group) is 1. The maximum absolute atomic E-state index is 12.3. The fraction of sp³-hybridized carbons (Fsp3) is 0.333. The minimum atomic E-state index is -0.657. The highest BCUT2D eigenvalue weighted by molar-refractivity contribution is 6.32. The molecule has 1 aromatic rings. The molecule has 1 N–H and O–H groups in total. The van der Waals surface area contributed by atoms with E-state index in [4.69, 9.17) is 4.74 Å². The van der Waals surface area contributed by atoms with Crippen LogP contribution in [0.15, 0.2) is 36.1 Å². The minimum absolute atomic E-state index is 0.227. The first-order valence-electron chi connectivity index (χ1n) is 7.33. The summed E-state index contributed by atoms with van der Waals surface area (Å²) < 4.78 is 5.11. The van der Waals surface area contributed by atoms with Crippen molar-refractivity contribution >= 4 is 23.1 Å². The van der Waals surface area contributed by atoms with E-state index in [1.54, 1.807) is 27.8 Å². The van der Waals surface area contributed by atoms with E-state index < -0.39 is 11.6 Å². The van der Waals surface area contributed by atoms with Gasteiger partial charge >= 0.3 is 5.97 Å². The molecule has 0 saturated carbocycles. The molecule has 23 heavy (non-hydrogen) atoms. The Bertz CT molecular complexity index is 723. The molecule has 0 aliphatic carbocycles. The number of carbonyl (C=O) groups excluding carboxylic acids is 2. The Balaban J connectivity index is 2.34. The number of allylic oxidation sites excluding steroid dienone is 1. The number of amides is 1. The van der Waals surface area contributed by atoms with Crippen molar-refractivity contribution in [2.45, 2.75) is 33.3 Å². The number of carbonyl (C=O) groups is 2. The normalized spacial score (nSPS) is 16.7. The van der Waals surface area contributed by atoms with Gasteiger partial charge in [-0.3, -0.25) is 4.79 Å². The van der Waals surface area contributed by atoms with Crippen LogP contribution in [0.1, 0.15) is 31.9 Å². The van der Waals surface area contributed by atoms with Crippen LogP contribution in [0.25, 0.3) is 5.57 Å². The Labute approximate surface area is 135 Å². The molecule has 0 bridgehead atoms. The van der Waals surface area contributed by atoms with Crippen molar-refractivity contribution in [1.82, 2.24) is 0 Å². The van der Waals surface area contributed by atoms with Crippen LogP contribution in [-0.2, 0) is 14.3 Å². The Morgan fingerprint density at radius 3 is 2.57 bits per heavy atom. The minimum Gasteiger partial charge on any atom is -0.508 e. The van der Waals surface area contributed by atoms with Gasteiger partial charge in [0.1, 0.15) is 11.4 Å². The number of aliphatic hydroxyl groups excluding tert-OH is 1. The number of aryl methyl sites for hydroxylation is 1. The molecule has 0 saturated heterocycles. The zero-order chi connectivity index (χ0) is 17.4. The number of hydrogen-bond donors (Lipinski definition) is 1. The highest BCUT2D eigenvalue weighted by Gasteiger charge is 2.29. The van der Waals surface area contributed by atoms with Crippen molar-refractivity contribution in [2.24, 2.45) is 0 Å². The Morgan fingerprint density at radius 2 is 1.96 bits per heavy atom. The molecule has 2 rings (SSSR count). The van der Waals surface area contributed by atoms with E-state index in [0.29, 0.717) is 5.57 Å². The first-order chi connectivity index (χ1) is 10.6. The molecule has 1 aliphatic rings. The molecule has 0 fully saturated rings. The topological polar surface area (TPSA) is 66.8 Å². The van der Waals surface area contributed by atoms with Gasteiger partial charge in [0.15, 0.2) is 0 Å². The van der Waals surface area contributed by atoms with E-state index >= 15 is 0 Å². The molecule has 1 amide bonds. The second-order valence-corrected chi connectivity index (χ2v) is 6.55. The monoisotopic (exact) mass is 315 g/mol. The molecule has 0 atom stereocenters. The third kappa shape index (κ3) is 3.80. The van der Waals surface area contributed by atoms with Crippen LogP contribution in [0.5, 0.6) is 0 Å². The van der Waals surface area contributed by atoms with Gasteiger partial charge in [-0.2, -0.15) is 0 Å². The van der Waals surface area contributed by atoms with Crippen LogP contribution in [0.4, 0.5) is 5.69 Å². The average molecular weight is 315 g/mol. The molecule has 0 aromatic heterocycles. The van der Waals surface area contributed by atoms with Crippen molar-refractivity contribution in [3.63, 3.8) is 0 Å². The van der Waals surface area contributed by atoms with E-state index in [0.717, 1.165) is 22.9 Å². The van der Waals surface area contributed by atoms with Gasteiger partial charge in [-0.1, -0.05) is 11.6 Å². The highest BCUT2D eigenvalue weighted by Crippen LogP contribution is 2.36. The van der Waals surface area contributed by atoms with Crippen molar-refractivity contribution in [2.75, 3.05) is 11.9 Å². The van der Waals surface area contributed by atoms with Gasteiger partial charge in [0, 0.05) is 12.6 Å². The predicted molar refractivity (Wildman–Crippen MR) is 89.1 cm³/mol. The van der Waals surface area contributed by atoms with E-state index in [9.17, 15) is 14.7 Å². The molecule has 0 radical (unpaired) electrons. The number of benzene rings is 1. The molecule has 1 heterocycles. The maximum atomic E-state index is 12.3. The Morgan fingerprint density at radius 1 is 1.30 bits per heavy atom. The first kappa shape index (κ1) is 16.8. The quantitative estimate of drug-likeness (QED) is 0.517. The van der Waals surface area contributed by atoms with E-state index in [1.807, 2.05) is 25.1 Å². The maximum Gasteiger partial charge on any atom is 0.335 e. The summed E-state index contributed by atoms with van der Waals surface area (Å²) in [6.45, 7) is 7.14. The van der Waals surface area contributed by atoms with Crippen LogP contribution in [0.2, 0.25) is 0 Å². The predicted octanol–water partition coefficient (Wildman–Crippen LogP) is 3.14. The number of anilines is 1. The molecular weight excluding hydrogens is 294 g/mol. The van der Waals surface area contributed by atoms with Gasteiger partial charge in [-0.05, 0) is 45.9 Å². The van der Waals surface area contributed by atoms with Crippen LogP contribution < -0.4 is 4.90 Å². The second-order valence-electron chi connectivity index (χ2n) is 6.55. The van der Waals surface area contributed by atoms with Crippen molar-refractivity contribution < 1.29 is 19.4 Å². The van der Waals surface area contributed by atoms with Crippen LogP contribution in [-0.4, -0.2) is 29.6 Å². The number of hydrogen-bond acceptors (Lipinski definition) is 4. The molecule has 1 aliphatic heterocycles. The highest BCUT2D eigenvalue weighted by atomic mass is 16.6. The lowest BCUT2D eigenvalue weighted by Crippen LogP contribution is -2.22. The fourth-order valence-electron chi connectivity index (χ4n) is 2.34. The number of nitrogens with zero attached hydrogens (tertiary/aromatic N) is 1. The van der Waals surface area contributed by atoms with E-state index in [-0.39, 0.29) is 11.7 Å². The number of esters is 1. The largest absolute Gasteiger partial charge is 0.508 e. The lowest BCUT2D eigenvalue weighted by atomic mass is 10.0. The number of fused-ring (bicyclic) bond motifs is 1. The van der Waals surface area contributed by atoms with Crippen molar-refractivity contribution in [1.29, 1.82) is 0 Å². The number of rotatable bonds is 2. The molecule has 1 aromatic carbocycles. The first-order valence-corrected chi connectivity index (χ1v) is 7.33. The summed E-state index contributed by atoms with van der Waals surface area (Å²) in [6, 6.07) is 5.66. The zero-order valence-corrected chi connectivity index (χ0v) is 14.0. The summed E-state index contributed by atoms with van der Waals surface area (Å²) in [7, 11) is 1.67. The summed E-state index contributed by atoms with van der Waals surface area (Å²) in [5.74, 6) is -1.20. The van der Waals surface area contributed by atoms with E-state index in [2.05, 4.69) is 0 Å². The summed E-state index contributed by atoms with van der Waals surface area (Å²) in [5, 5.41) is 9.99. The SMILES string of the molecule is Cc1ccc2c(c1)/C(=C\C(O)=C\C(=O)OC(C)(C)C)C(=O)N2C. The molecule has 0 spiro atoms. The smallest absolute Gasteiger partial charge is 0.335 e. The number of aliphatic hydroxyl groups is 1. The van der Waals surface area contributed by atoms with Crippen LogP contribution in [0, 0.1) is 6.92 Å². The average Bonchev–Trinajstić information content (AvgIpc) is 2.61. The molecule has 122 valence electrons. The lowest BCUT2D eigenvalue weighted by Gasteiger charge is -2.17. The van der Waals surface area contributed by atoms with Gasteiger partial charge in [0.25, 0.3) is 5.91 Å². The second kappa shape index (κ2) is 5.91. The van der Waals surface area contributed by atoms with E-state index in [1.165, 1.54) is 11.0 Å². The van der Waals surface area contributed by atoms with Gasteiger partial charge < -0.3 is 14.7 Å². The summed E-state index contributed by atoms with van der Waals surface area (Å²) in [4.78, 5) is 25.5. The van der Waals surface area contributed by atoms with Crippen LogP contribution in [0.3, 0.4) is 0 Å². The molecule has 0 unspecified atom stereocenters. The third-order valence-corrected chi connectivity index (χ3v) is 3.30. The summed E-state index contributed by atoms with van der Waals surface area (Å²) >= 11 is 0. The standard InChI is InChI=1S/C18H21NO4/c1-11-6-7-15-13(8-11)14(17(22)19(15)5)9-12(20)10-16(21)23-18(2,3)4/h6-10,20H,1-5H3/b12-10-,14-9+. The molecule has 5 nitrogen and oxygen atoms in total. The van der Waals surface area contributed by atoms with Gasteiger partial charge in [-0.15, -0.1) is 0 Å². The van der Waals surface area contributed by atoms with Crippen molar-refractivity contribution in [3.8, 4) is 0 Å². The summed E-state index contributed by atoms with van der Waals surface area (Å²) in [5.41, 5.74) is 2.23.